The summed E-state index contributed by atoms with van der Waals surface area (Å²) in [6.45, 7) is 10.9. The zero-order chi connectivity index (χ0) is 23.1. The van der Waals surface area contributed by atoms with E-state index in [1.54, 1.807) is 0 Å². The van der Waals surface area contributed by atoms with Crippen LogP contribution in [-0.2, 0) is 0 Å². The third kappa shape index (κ3) is 4.28. The van der Waals surface area contributed by atoms with Crippen LogP contribution >= 0.6 is 0 Å². The molecule has 2 aromatic rings. The number of piperazine rings is 1. The molecule has 1 aromatic carbocycles. The Morgan fingerprint density at radius 2 is 1.97 bits per heavy atom. The number of amides is 1. The summed E-state index contributed by atoms with van der Waals surface area (Å²) in [5, 5.41) is 3.32. The van der Waals surface area contributed by atoms with E-state index in [1.807, 2.05) is 24.3 Å². The molecule has 4 heterocycles. The Morgan fingerprint density at radius 3 is 2.70 bits per heavy atom. The first-order valence-corrected chi connectivity index (χ1v) is 12.5. The lowest BCUT2D eigenvalue weighted by molar-refractivity contribution is 0.0463. The van der Waals surface area contributed by atoms with E-state index < -0.39 is 0 Å². The van der Waals surface area contributed by atoms with Gasteiger partial charge in [-0.1, -0.05) is 18.6 Å². The summed E-state index contributed by atoms with van der Waals surface area (Å²) < 4.78 is 6.17. The number of hydrogen-bond donors (Lipinski definition) is 1. The molecular formula is C26H37N5O2. The first-order chi connectivity index (χ1) is 15.9. The van der Waals surface area contributed by atoms with E-state index in [9.17, 15) is 4.79 Å². The molecule has 7 nitrogen and oxygen atoms in total. The maximum Gasteiger partial charge on any atom is 0.298 e. The fourth-order valence-electron chi connectivity index (χ4n) is 6.12. The molecule has 0 spiro atoms. The Labute approximate surface area is 196 Å². The molecule has 7 heteroatoms. The van der Waals surface area contributed by atoms with Crippen molar-refractivity contribution in [2.45, 2.75) is 76.2 Å². The number of anilines is 1. The van der Waals surface area contributed by atoms with Crippen LogP contribution in [0.2, 0.25) is 0 Å². The number of nitrogens with one attached hydrogen (secondary N) is 1. The van der Waals surface area contributed by atoms with Crippen molar-refractivity contribution in [2.24, 2.45) is 0 Å². The van der Waals surface area contributed by atoms with Gasteiger partial charge in [-0.3, -0.25) is 9.69 Å². The van der Waals surface area contributed by atoms with Gasteiger partial charge in [-0.2, -0.15) is 4.98 Å². The minimum Gasteiger partial charge on any atom is -0.423 e. The highest BCUT2D eigenvalue weighted by Gasteiger charge is 2.37. The number of carbonyl (C=O) groups is 1. The minimum atomic E-state index is -0.0368. The van der Waals surface area contributed by atoms with Crippen LogP contribution in [0.25, 0.3) is 11.1 Å². The van der Waals surface area contributed by atoms with Crippen LogP contribution in [0.4, 0.5) is 6.01 Å². The summed E-state index contributed by atoms with van der Waals surface area (Å²) in [6.07, 6.45) is 7.80. The predicted molar refractivity (Wildman–Crippen MR) is 132 cm³/mol. The number of nitrogens with zero attached hydrogens (tertiary/aromatic N) is 4. The average molecular weight is 452 g/mol. The van der Waals surface area contributed by atoms with Crippen molar-refractivity contribution in [1.29, 1.82) is 0 Å². The molecule has 3 fully saturated rings. The van der Waals surface area contributed by atoms with Crippen molar-refractivity contribution in [2.75, 3.05) is 31.6 Å². The molecule has 1 amide bonds. The first-order valence-electron chi connectivity index (χ1n) is 12.5. The molecule has 3 aliphatic rings. The Bertz CT molecular complexity index is 1010. The van der Waals surface area contributed by atoms with E-state index in [1.165, 1.54) is 19.3 Å². The highest BCUT2D eigenvalue weighted by atomic mass is 16.4. The second-order valence-electron chi connectivity index (χ2n) is 10.3. The predicted octanol–water partition coefficient (Wildman–Crippen LogP) is 3.66. The third-order valence-corrected chi connectivity index (χ3v) is 8.05. The van der Waals surface area contributed by atoms with Gasteiger partial charge in [-0.15, -0.1) is 6.58 Å². The van der Waals surface area contributed by atoms with E-state index in [-0.39, 0.29) is 18.0 Å². The van der Waals surface area contributed by atoms with E-state index in [4.69, 9.17) is 9.40 Å². The molecule has 1 aromatic heterocycles. The van der Waals surface area contributed by atoms with Gasteiger partial charge in [-0.25, -0.2) is 0 Å². The van der Waals surface area contributed by atoms with Crippen molar-refractivity contribution in [3.63, 3.8) is 0 Å². The fraction of sp³-hybridized carbons (Fsp3) is 0.615. The molecule has 0 saturated carbocycles. The largest absolute Gasteiger partial charge is 0.423 e. The van der Waals surface area contributed by atoms with E-state index in [2.05, 4.69) is 47.5 Å². The van der Waals surface area contributed by atoms with Gasteiger partial charge in [0.1, 0.15) is 5.52 Å². The molecule has 0 aliphatic carbocycles. The van der Waals surface area contributed by atoms with Gasteiger partial charge in [0.15, 0.2) is 5.58 Å². The van der Waals surface area contributed by atoms with Crippen LogP contribution in [0.3, 0.4) is 0 Å². The maximum absolute atomic E-state index is 13.3. The van der Waals surface area contributed by atoms with E-state index in [0.29, 0.717) is 40.8 Å². The number of hydrogen-bond acceptors (Lipinski definition) is 6. The smallest absolute Gasteiger partial charge is 0.298 e. The van der Waals surface area contributed by atoms with Gasteiger partial charge in [-0.05, 0) is 58.7 Å². The van der Waals surface area contributed by atoms with Crippen molar-refractivity contribution >= 4 is 23.0 Å². The normalized spacial score (nSPS) is 31.0. The zero-order valence-corrected chi connectivity index (χ0v) is 20.2. The van der Waals surface area contributed by atoms with Crippen molar-refractivity contribution in [3.05, 3.63) is 36.4 Å². The third-order valence-electron chi connectivity index (χ3n) is 8.05. The molecule has 178 valence electrons. The second kappa shape index (κ2) is 9.11. The molecule has 33 heavy (non-hydrogen) atoms. The van der Waals surface area contributed by atoms with Crippen LogP contribution in [0.15, 0.2) is 35.3 Å². The van der Waals surface area contributed by atoms with Crippen molar-refractivity contribution in [1.82, 2.24) is 20.1 Å². The summed E-state index contributed by atoms with van der Waals surface area (Å²) in [5.74, 6) is -0.0368. The van der Waals surface area contributed by atoms with Crippen LogP contribution in [0.5, 0.6) is 0 Å². The van der Waals surface area contributed by atoms with Crippen LogP contribution in [0.1, 0.15) is 56.3 Å². The van der Waals surface area contributed by atoms with Gasteiger partial charge >= 0.3 is 0 Å². The zero-order valence-electron chi connectivity index (χ0n) is 20.2. The monoisotopic (exact) mass is 451 g/mol. The van der Waals surface area contributed by atoms with Gasteiger partial charge in [0, 0.05) is 49.8 Å². The molecule has 1 N–H and O–H groups in total. The Kier molecular flexibility index (Phi) is 6.18. The van der Waals surface area contributed by atoms with Crippen LogP contribution in [-0.4, -0.2) is 77.6 Å². The molecule has 3 saturated heterocycles. The van der Waals surface area contributed by atoms with Gasteiger partial charge in [0.2, 0.25) is 0 Å². The second-order valence-corrected chi connectivity index (χ2v) is 10.3. The summed E-state index contributed by atoms with van der Waals surface area (Å²) in [5.41, 5.74) is 1.94. The number of piperidine rings is 2. The lowest BCUT2D eigenvalue weighted by atomic mass is 9.82. The Morgan fingerprint density at radius 1 is 1.21 bits per heavy atom. The van der Waals surface area contributed by atoms with Gasteiger partial charge in [0.05, 0.1) is 5.56 Å². The van der Waals surface area contributed by atoms with Gasteiger partial charge in [0.25, 0.3) is 11.9 Å². The summed E-state index contributed by atoms with van der Waals surface area (Å²) in [7, 11) is 2.24. The van der Waals surface area contributed by atoms with Gasteiger partial charge < -0.3 is 19.5 Å². The minimum absolute atomic E-state index is 0.0368. The quantitative estimate of drug-likeness (QED) is 0.700. The molecule has 0 radical (unpaired) electrons. The fourth-order valence-corrected chi connectivity index (χ4v) is 6.12. The van der Waals surface area contributed by atoms with Crippen LogP contribution in [0, 0.1) is 0 Å². The number of aromatic nitrogens is 1. The molecule has 2 bridgehead atoms. The summed E-state index contributed by atoms with van der Waals surface area (Å²) in [6, 6.07) is 8.32. The highest BCUT2D eigenvalue weighted by Crippen LogP contribution is 2.33. The maximum atomic E-state index is 13.3. The SMILES string of the molecule is C=CCN1C[C@H](C)N(c2nc3c(C(=O)NC4CC5CCCC(C4)N5C)cccc3o2)C[C@H]1C. The van der Waals surface area contributed by atoms with Crippen LogP contribution < -0.4 is 10.2 Å². The average Bonchev–Trinajstić information content (AvgIpc) is 3.21. The molecule has 5 rings (SSSR count). The number of para-hydroxylation sites is 1. The Hall–Kier alpha value is -2.38. The first kappa shape index (κ1) is 22.4. The summed E-state index contributed by atoms with van der Waals surface area (Å²) >= 11 is 0. The number of rotatable bonds is 5. The number of fused-ring (bicyclic) bond motifs is 3. The standard InChI is InChI=1S/C26H37N5O2/c1-5-12-30-15-18(3)31(16-17(30)2)26-28-24-22(10-7-11-23(24)33-26)25(32)27-19-13-20-8-6-9-21(14-19)29(20)4/h5,7,10-11,17-21H,1,6,8-9,12-16H2,2-4H3,(H,27,32)/t17-,18+,19?,20?,21?/m1/s1. The molecule has 4 atom stereocenters. The topological polar surface area (TPSA) is 64.8 Å². The van der Waals surface area contributed by atoms with E-state index in [0.717, 1.165) is 32.5 Å². The van der Waals surface area contributed by atoms with Crippen molar-refractivity contribution in [3.8, 4) is 0 Å². The van der Waals surface area contributed by atoms with E-state index >= 15 is 0 Å². The highest BCUT2D eigenvalue weighted by molar-refractivity contribution is 6.04. The number of benzene rings is 1. The van der Waals surface area contributed by atoms with Crippen molar-refractivity contribution < 1.29 is 9.21 Å². The number of carbonyl (C=O) groups excluding carboxylic acids is 1. The summed E-state index contributed by atoms with van der Waals surface area (Å²) in [4.78, 5) is 25.3. The molecule has 3 aliphatic heterocycles. The Balaban J connectivity index is 1.34. The number of oxazole rings is 1. The molecule has 2 unspecified atom stereocenters. The lowest BCUT2D eigenvalue weighted by Gasteiger charge is -2.47. The molecular weight excluding hydrogens is 414 g/mol. The lowest BCUT2D eigenvalue weighted by Crippen LogP contribution is -2.56.